The molecule has 0 unspecified atom stereocenters. The molecule has 2 aromatic rings. The zero-order valence-electron chi connectivity index (χ0n) is 13.6. The van der Waals surface area contributed by atoms with Crippen LogP contribution >= 0.6 is 11.6 Å². The Morgan fingerprint density at radius 2 is 1.68 bits per heavy atom. The first-order valence-corrected chi connectivity index (χ1v) is 8.39. The highest BCUT2D eigenvalue weighted by atomic mass is 35.5. The van der Waals surface area contributed by atoms with Crippen molar-refractivity contribution in [2.45, 2.75) is 6.42 Å². The van der Waals surface area contributed by atoms with Crippen LogP contribution in [0, 0.1) is 11.3 Å². The Kier molecular flexibility index (Phi) is 7.36. The van der Waals surface area contributed by atoms with Gasteiger partial charge in [0.2, 0.25) is 0 Å². The number of carbonyl (C=O) groups excluding carboxylic acids is 1. The predicted octanol–water partition coefficient (Wildman–Crippen LogP) is 3.99. The van der Waals surface area contributed by atoms with Gasteiger partial charge in [0.05, 0.1) is 0 Å². The molecule has 3 N–H and O–H groups in total. The van der Waals surface area contributed by atoms with E-state index in [1.54, 1.807) is 0 Å². The monoisotopic (exact) mass is 354 g/mol. The minimum absolute atomic E-state index is 0.0149. The maximum atomic E-state index is 11.8. The molecule has 25 heavy (non-hydrogen) atoms. The fraction of sp³-hybridized carbons (Fsp3) is 0.158. The highest BCUT2D eigenvalue weighted by Gasteiger charge is 2.07. The second kappa shape index (κ2) is 10.0. The van der Waals surface area contributed by atoms with Crippen molar-refractivity contribution in [3.05, 3.63) is 66.4 Å². The van der Waals surface area contributed by atoms with E-state index in [0.717, 1.165) is 17.1 Å². The van der Waals surface area contributed by atoms with E-state index in [1.165, 1.54) is 6.20 Å². The van der Waals surface area contributed by atoms with Gasteiger partial charge in [0, 0.05) is 35.7 Å². The molecule has 0 aliphatic rings. The SMILES string of the molecule is N#C/C(=C/Nc1ccc(Nc2ccccc2)cc1)C(=O)NCCCCl. The van der Waals surface area contributed by atoms with Crippen LogP contribution < -0.4 is 16.0 Å². The van der Waals surface area contributed by atoms with Crippen LogP contribution in [-0.4, -0.2) is 18.3 Å². The van der Waals surface area contributed by atoms with Gasteiger partial charge in [-0.25, -0.2) is 0 Å². The molecular weight excluding hydrogens is 336 g/mol. The van der Waals surface area contributed by atoms with E-state index in [9.17, 15) is 4.79 Å². The Morgan fingerprint density at radius 3 is 2.32 bits per heavy atom. The molecule has 2 rings (SSSR count). The number of hydrogen-bond donors (Lipinski definition) is 3. The van der Waals surface area contributed by atoms with Gasteiger partial charge in [-0.3, -0.25) is 4.79 Å². The largest absolute Gasteiger partial charge is 0.360 e. The fourth-order valence-electron chi connectivity index (χ4n) is 2.01. The summed E-state index contributed by atoms with van der Waals surface area (Å²) >= 11 is 5.56. The van der Waals surface area contributed by atoms with Gasteiger partial charge in [0.1, 0.15) is 11.6 Å². The summed E-state index contributed by atoms with van der Waals surface area (Å²) in [6.07, 6.45) is 2.06. The van der Waals surface area contributed by atoms with Crippen LogP contribution in [-0.2, 0) is 4.79 Å². The summed E-state index contributed by atoms with van der Waals surface area (Å²) in [4.78, 5) is 11.8. The van der Waals surface area contributed by atoms with E-state index in [4.69, 9.17) is 16.9 Å². The number of anilines is 3. The standard InChI is InChI=1S/C19H19ClN4O/c20-11-4-12-22-19(25)15(13-21)14-23-16-7-9-18(10-8-16)24-17-5-2-1-3-6-17/h1-3,5-10,14,23-24H,4,11-12H2,(H,22,25)/b15-14-. The first-order valence-electron chi connectivity index (χ1n) is 7.86. The molecule has 2 aromatic carbocycles. The van der Waals surface area contributed by atoms with Crippen LogP contribution in [0.1, 0.15) is 6.42 Å². The summed E-state index contributed by atoms with van der Waals surface area (Å²) in [5.41, 5.74) is 2.74. The van der Waals surface area contributed by atoms with Crippen molar-refractivity contribution >= 4 is 34.6 Å². The topological polar surface area (TPSA) is 77.0 Å². The maximum absolute atomic E-state index is 11.8. The molecule has 0 aliphatic heterocycles. The number of nitrogens with one attached hydrogen (secondary N) is 3. The van der Waals surface area contributed by atoms with Gasteiger partial charge < -0.3 is 16.0 Å². The molecule has 0 saturated heterocycles. The van der Waals surface area contributed by atoms with Crippen molar-refractivity contribution in [1.82, 2.24) is 5.32 Å². The quantitative estimate of drug-likeness (QED) is 0.290. The molecule has 0 saturated carbocycles. The van der Waals surface area contributed by atoms with Gasteiger partial charge in [-0.2, -0.15) is 5.26 Å². The van der Waals surface area contributed by atoms with Crippen molar-refractivity contribution in [1.29, 1.82) is 5.26 Å². The smallest absolute Gasteiger partial charge is 0.263 e. The van der Waals surface area contributed by atoms with Crippen LogP contribution in [0.4, 0.5) is 17.1 Å². The van der Waals surface area contributed by atoms with E-state index in [1.807, 2.05) is 60.7 Å². The third kappa shape index (κ3) is 6.21. The van der Waals surface area contributed by atoms with Gasteiger partial charge in [-0.1, -0.05) is 18.2 Å². The molecule has 0 bridgehead atoms. The summed E-state index contributed by atoms with van der Waals surface area (Å²) in [7, 11) is 0. The summed E-state index contributed by atoms with van der Waals surface area (Å²) in [5.74, 6) is 0.0514. The molecule has 0 atom stereocenters. The van der Waals surface area contributed by atoms with E-state index < -0.39 is 5.91 Å². The Balaban J connectivity index is 1.93. The van der Waals surface area contributed by atoms with Gasteiger partial charge in [-0.05, 0) is 42.8 Å². The second-order valence-corrected chi connectivity index (χ2v) is 5.56. The minimum atomic E-state index is -0.414. The first-order chi connectivity index (χ1) is 12.2. The minimum Gasteiger partial charge on any atom is -0.360 e. The van der Waals surface area contributed by atoms with Gasteiger partial charge >= 0.3 is 0 Å². The molecule has 6 heteroatoms. The van der Waals surface area contributed by atoms with Crippen molar-refractivity contribution in [2.75, 3.05) is 23.1 Å². The van der Waals surface area contributed by atoms with Crippen molar-refractivity contribution in [3.63, 3.8) is 0 Å². The Hall–Kier alpha value is -2.97. The third-order valence-electron chi connectivity index (χ3n) is 3.29. The molecule has 0 spiro atoms. The summed E-state index contributed by atoms with van der Waals surface area (Å²) in [6.45, 7) is 0.446. The number of hydrogen-bond acceptors (Lipinski definition) is 4. The number of rotatable bonds is 8. The molecule has 0 aromatic heterocycles. The molecule has 1 amide bonds. The number of carbonyl (C=O) groups is 1. The van der Waals surface area contributed by atoms with E-state index >= 15 is 0 Å². The van der Waals surface area contributed by atoms with Gasteiger partial charge in [0.15, 0.2) is 0 Å². The Labute approximate surface area is 152 Å². The lowest BCUT2D eigenvalue weighted by atomic mass is 10.2. The van der Waals surface area contributed by atoms with Gasteiger partial charge in [0.25, 0.3) is 5.91 Å². The highest BCUT2D eigenvalue weighted by Crippen LogP contribution is 2.18. The predicted molar refractivity (Wildman–Crippen MR) is 102 cm³/mol. The van der Waals surface area contributed by atoms with E-state index in [-0.39, 0.29) is 5.57 Å². The number of amides is 1. The fourth-order valence-corrected chi connectivity index (χ4v) is 2.14. The van der Waals surface area contributed by atoms with Crippen LogP contribution in [0.25, 0.3) is 0 Å². The number of alkyl halides is 1. The van der Waals surface area contributed by atoms with E-state index in [0.29, 0.717) is 18.8 Å². The zero-order valence-corrected chi connectivity index (χ0v) is 14.4. The highest BCUT2D eigenvalue weighted by molar-refractivity contribution is 6.17. The molecule has 128 valence electrons. The van der Waals surface area contributed by atoms with Crippen molar-refractivity contribution in [2.24, 2.45) is 0 Å². The molecule has 0 fully saturated rings. The Morgan fingerprint density at radius 1 is 1.04 bits per heavy atom. The zero-order chi connectivity index (χ0) is 17.9. The maximum Gasteiger partial charge on any atom is 0.263 e. The average Bonchev–Trinajstić information content (AvgIpc) is 2.64. The summed E-state index contributed by atoms with van der Waals surface area (Å²) < 4.78 is 0. The number of benzene rings is 2. The normalized spacial score (nSPS) is 10.6. The van der Waals surface area contributed by atoms with Crippen LogP contribution in [0.15, 0.2) is 66.4 Å². The lowest BCUT2D eigenvalue weighted by molar-refractivity contribution is -0.117. The van der Waals surface area contributed by atoms with Gasteiger partial charge in [-0.15, -0.1) is 11.6 Å². The van der Waals surface area contributed by atoms with Crippen molar-refractivity contribution in [3.8, 4) is 6.07 Å². The molecule has 5 nitrogen and oxygen atoms in total. The number of para-hydroxylation sites is 1. The summed E-state index contributed by atoms with van der Waals surface area (Å²) in [5, 5.41) is 18.0. The molecule has 0 heterocycles. The van der Waals surface area contributed by atoms with Crippen molar-refractivity contribution < 1.29 is 4.79 Å². The van der Waals surface area contributed by atoms with Crippen LogP contribution in [0.5, 0.6) is 0 Å². The summed E-state index contributed by atoms with van der Waals surface area (Å²) in [6, 6.07) is 19.3. The van der Waals surface area contributed by atoms with Crippen LogP contribution in [0.3, 0.4) is 0 Å². The van der Waals surface area contributed by atoms with Crippen LogP contribution in [0.2, 0.25) is 0 Å². The Bertz CT molecular complexity index is 751. The third-order valence-corrected chi connectivity index (χ3v) is 3.56. The first kappa shape index (κ1) is 18.4. The number of halogens is 1. The lowest BCUT2D eigenvalue weighted by Crippen LogP contribution is -2.26. The number of nitrogens with zero attached hydrogens (tertiary/aromatic N) is 1. The molecule has 0 radical (unpaired) electrons. The molecule has 0 aliphatic carbocycles. The average molecular weight is 355 g/mol. The second-order valence-electron chi connectivity index (χ2n) is 5.18. The molecular formula is C19H19ClN4O. The lowest BCUT2D eigenvalue weighted by Gasteiger charge is -2.08. The van der Waals surface area contributed by atoms with E-state index in [2.05, 4.69) is 16.0 Å². The number of nitriles is 1.